The number of alkyl halides is 1. The number of nitrogens with zero attached hydrogens (tertiary/aromatic N) is 2. The van der Waals surface area contributed by atoms with Crippen molar-refractivity contribution in [1.29, 1.82) is 0 Å². The summed E-state index contributed by atoms with van der Waals surface area (Å²) in [6.45, 7) is 2.86. The molecule has 184 valence electrons. The number of aliphatic hydroxyl groups excluding tert-OH is 2. The molecule has 1 aliphatic heterocycles. The van der Waals surface area contributed by atoms with Crippen LogP contribution in [0, 0.1) is 0 Å². The molecule has 1 fully saturated rings. The van der Waals surface area contributed by atoms with Crippen molar-refractivity contribution in [2.75, 3.05) is 6.61 Å². The van der Waals surface area contributed by atoms with E-state index in [2.05, 4.69) is 0 Å². The Balaban J connectivity index is 2.45. The number of nitrogens with one attached hydrogen (secondary N) is 1. The predicted octanol–water partition coefficient (Wildman–Crippen LogP) is -0.120. The van der Waals surface area contributed by atoms with Crippen molar-refractivity contribution in [1.82, 2.24) is 14.6 Å². The Hall–Kier alpha value is -1.67. The van der Waals surface area contributed by atoms with Crippen molar-refractivity contribution in [3.05, 3.63) is 32.6 Å². The quantitative estimate of drug-likeness (QED) is 0.107. The summed E-state index contributed by atoms with van der Waals surface area (Å²) in [7, 11) is 0. The highest BCUT2D eigenvalue weighted by molar-refractivity contribution is 5.10. The van der Waals surface area contributed by atoms with Gasteiger partial charge in [0.2, 0.25) is 5.72 Å². The van der Waals surface area contributed by atoms with Crippen LogP contribution in [0.4, 0.5) is 4.39 Å². The topological polar surface area (TPSA) is 168 Å². The molecular weight excluding hydrogens is 429 g/mol. The van der Waals surface area contributed by atoms with Gasteiger partial charge in [-0.15, -0.1) is 5.06 Å². The molecule has 32 heavy (non-hydrogen) atoms. The molecular formula is C20H34FN3O8. The molecule has 0 amide bonds. The normalized spacial score (nSPS) is 29.0. The van der Waals surface area contributed by atoms with Gasteiger partial charge in [0.1, 0.15) is 12.2 Å². The average molecular weight is 464 g/mol. The van der Waals surface area contributed by atoms with Gasteiger partial charge in [0.05, 0.1) is 6.61 Å². The summed E-state index contributed by atoms with van der Waals surface area (Å²) in [6, 6.07) is 0. The van der Waals surface area contributed by atoms with Gasteiger partial charge < -0.3 is 30.4 Å². The van der Waals surface area contributed by atoms with Crippen LogP contribution >= 0.6 is 0 Å². The Bertz CT molecular complexity index is 864. The fourth-order valence-electron chi connectivity index (χ4n) is 3.91. The van der Waals surface area contributed by atoms with E-state index in [0.29, 0.717) is 23.8 Å². The monoisotopic (exact) mass is 463 g/mol. The van der Waals surface area contributed by atoms with Gasteiger partial charge >= 0.3 is 11.6 Å². The van der Waals surface area contributed by atoms with Crippen LogP contribution in [-0.4, -0.2) is 71.1 Å². The molecule has 1 aromatic heterocycles. The first-order valence-corrected chi connectivity index (χ1v) is 11.0. The van der Waals surface area contributed by atoms with Crippen LogP contribution in [0.25, 0.3) is 0 Å². The molecule has 0 radical (unpaired) electrons. The Kier molecular flexibility index (Phi) is 9.11. The lowest BCUT2D eigenvalue weighted by Crippen LogP contribution is -2.69. The zero-order valence-electron chi connectivity index (χ0n) is 18.4. The molecule has 5 atom stereocenters. The largest absolute Gasteiger partial charge is 0.394 e. The fourth-order valence-corrected chi connectivity index (χ4v) is 3.91. The second kappa shape index (κ2) is 11.0. The van der Waals surface area contributed by atoms with Crippen molar-refractivity contribution in [3.63, 3.8) is 0 Å². The van der Waals surface area contributed by atoms with E-state index in [4.69, 9.17) is 4.74 Å². The number of hydrogen-bond acceptors (Lipinski definition) is 9. The summed E-state index contributed by atoms with van der Waals surface area (Å²) < 4.78 is 20.4. The molecule has 1 saturated heterocycles. The molecule has 1 unspecified atom stereocenters. The van der Waals surface area contributed by atoms with Crippen LogP contribution in [0.1, 0.15) is 64.4 Å². The molecule has 0 spiro atoms. The Morgan fingerprint density at radius 2 is 1.88 bits per heavy atom. The van der Waals surface area contributed by atoms with Crippen LogP contribution < -0.4 is 11.2 Å². The number of aliphatic hydroxyl groups is 4. The number of aromatic nitrogens is 2. The van der Waals surface area contributed by atoms with Crippen LogP contribution in [0.3, 0.4) is 0 Å². The smallest absolute Gasteiger partial charge is 0.332 e. The average Bonchev–Trinajstić information content (AvgIpc) is 2.96. The predicted molar refractivity (Wildman–Crippen MR) is 110 cm³/mol. The number of H-pyrrole nitrogens is 1. The van der Waals surface area contributed by atoms with Gasteiger partial charge in [0, 0.05) is 11.8 Å². The summed E-state index contributed by atoms with van der Waals surface area (Å²) in [5.74, 6) is -3.23. The first-order chi connectivity index (χ1) is 15.1. The number of rotatable bonds is 12. The van der Waals surface area contributed by atoms with Crippen molar-refractivity contribution in [2.45, 2.75) is 95.4 Å². The van der Waals surface area contributed by atoms with Crippen LogP contribution in [-0.2, 0) is 17.1 Å². The fraction of sp³-hybridized carbons (Fsp3) is 0.800. The van der Waals surface area contributed by atoms with Crippen molar-refractivity contribution < 1.29 is 34.8 Å². The van der Waals surface area contributed by atoms with E-state index < -0.39 is 48.0 Å². The Labute approximate surface area is 184 Å². The lowest BCUT2D eigenvalue weighted by Gasteiger charge is -2.43. The highest BCUT2D eigenvalue weighted by Crippen LogP contribution is 2.44. The molecule has 0 saturated carbocycles. The number of aromatic amines is 1. The molecule has 11 nitrogen and oxygen atoms in total. The van der Waals surface area contributed by atoms with Gasteiger partial charge in [-0.25, -0.2) is 13.8 Å². The number of hydrogen-bond donors (Lipinski definition) is 6. The van der Waals surface area contributed by atoms with Gasteiger partial charge in [-0.2, -0.15) is 0 Å². The van der Waals surface area contributed by atoms with Gasteiger partial charge in [-0.3, -0.25) is 9.78 Å². The highest BCUT2D eigenvalue weighted by atomic mass is 19.1. The minimum atomic E-state index is -3.28. The maximum Gasteiger partial charge on any atom is 0.332 e. The minimum absolute atomic E-state index is 0.0469. The zero-order valence-corrected chi connectivity index (χ0v) is 18.4. The van der Waals surface area contributed by atoms with Gasteiger partial charge in [-0.05, 0) is 19.3 Å². The van der Waals surface area contributed by atoms with Gasteiger partial charge in [-0.1, -0.05) is 46.0 Å². The zero-order chi connectivity index (χ0) is 24.1. The van der Waals surface area contributed by atoms with Gasteiger partial charge in [0.15, 0.2) is 6.30 Å². The number of aryl methyl sites for hydroxylation is 1. The molecule has 1 aromatic rings. The summed E-state index contributed by atoms with van der Waals surface area (Å²) >= 11 is 0. The maximum absolute atomic E-state index is 14.9. The third-order valence-corrected chi connectivity index (χ3v) is 5.76. The van der Waals surface area contributed by atoms with Crippen LogP contribution in [0.15, 0.2) is 15.8 Å². The van der Waals surface area contributed by atoms with E-state index >= 15 is 0 Å². The number of ether oxygens (including phenoxy) is 1. The molecule has 0 bridgehead atoms. The van der Waals surface area contributed by atoms with Crippen LogP contribution in [0.5, 0.6) is 0 Å². The molecule has 0 aromatic carbocycles. The number of unbranched alkanes of at least 4 members (excludes halogenated alkanes) is 4. The maximum atomic E-state index is 14.9. The summed E-state index contributed by atoms with van der Waals surface area (Å²) in [6.07, 6.45) is -0.932. The van der Waals surface area contributed by atoms with Gasteiger partial charge in [0.25, 0.3) is 5.56 Å². The Morgan fingerprint density at radius 3 is 2.47 bits per heavy atom. The molecule has 1 aliphatic rings. The summed E-state index contributed by atoms with van der Waals surface area (Å²) in [5, 5.41) is 52.6. The van der Waals surface area contributed by atoms with E-state index in [9.17, 15) is 39.6 Å². The van der Waals surface area contributed by atoms with Crippen molar-refractivity contribution in [3.8, 4) is 0 Å². The molecule has 6 N–H and O–H groups in total. The Morgan fingerprint density at radius 1 is 1.22 bits per heavy atom. The second-order valence-electron chi connectivity index (χ2n) is 8.13. The van der Waals surface area contributed by atoms with E-state index in [-0.39, 0.29) is 23.5 Å². The molecule has 2 rings (SSSR count). The van der Waals surface area contributed by atoms with Crippen molar-refractivity contribution >= 4 is 0 Å². The van der Waals surface area contributed by atoms with E-state index in [1.54, 1.807) is 6.92 Å². The lowest BCUT2D eigenvalue weighted by molar-refractivity contribution is -0.428. The van der Waals surface area contributed by atoms with E-state index in [1.807, 2.05) is 11.9 Å². The van der Waals surface area contributed by atoms with Crippen molar-refractivity contribution in [2.24, 2.45) is 0 Å². The first-order valence-electron chi connectivity index (χ1n) is 11.0. The summed E-state index contributed by atoms with van der Waals surface area (Å²) in [4.78, 5) is 26.4. The SMILES string of the molecule is CCCCCCCC(F)N(O)[C@@]1(O)[C@H](O)[C@@H](CO)O[C@@]1(O)n1cc(CCC)c(=O)[nH]c1=O. The minimum Gasteiger partial charge on any atom is -0.394 e. The van der Waals surface area contributed by atoms with Crippen LogP contribution in [0.2, 0.25) is 0 Å². The molecule has 2 heterocycles. The standard InChI is InChI=1S/C20H34FN3O8/c1-3-5-6-7-8-10-15(21)24(31)19(29)16(26)14(12-25)32-20(19,30)23-11-13(9-4-2)17(27)22-18(23)28/h11,14-16,25-26,29-31H,3-10,12H2,1-2H3,(H,22,27,28)/t14-,15?,16-,19-,20-/m1/s1. The number of halogens is 1. The second-order valence-corrected chi connectivity index (χ2v) is 8.13. The molecule has 0 aliphatic carbocycles. The third kappa shape index (κ3) is 4.81. The van der Waals surface area contributed by atoms with E-state index in [0.717, 1.165) is 25.5 Å². The molecule has 12 heteroatoms. The lowest BCUT2D eigenvalue weighted by atomic mass is 9.99. The third-order valence-electron chi connectivity index (χ3n) is 5.76. The van der Waals surface area contributed by atoms with E-state index in [1.165, 1.54) is 0 Å². The highest BCUT2D eigenvalue weighted by Gasteiger charge is 2.71. The summed E-state index contributed by atoms with van der Waals surface area (Å²) in [5.41, 5.74) is -5.20. The first kappa shape index (κ1) is 26.6. The number of hydroxylamine groups is 2.